The number of hydrogen-bond acceptors (Lipinski definition) is 3. The van der Waals surface area contributed by atoms with Crippen molar-refractivity contribution in [1.29, 1.82) is 0 Å². The lowest BCUT2D eigenvalue weighted by Crippen LogP contribution is -2.48. The van der Waals surface area contributed by atoms with Gasteiger partial charge in [0, 0.05) is 11.2 Å². The predicted molar refractivity (Wildman–Crippen MR) is 81.2 cm³/mol. The largest absolute Gasteiger partial charge is 0.497 e. The fourth-order valence-corrected chi connectivity index (χ4v) is 2.07. The van der Waals surface area contributed by atoms with Crippen LogP contribution < -0.4 is 15.4 Å². The Hall–Kier alpha value is -2.04. The topological polar surface area (TPSA) is 67.4 Å². The lowest BCUT2D eigenvalue weighted by Gasteiger charge is -2.24. The van der Waals surface area contributed by atoms with E-state index in [0.29, 0.717) is 18.5 Å². The molecule has 0 saturated heterocycles. The molecule has 2 amide bonds. The van der Waals surface area contributed by atoms with Crippen molar-refractivity contribution < 1.29 is 14.3 Å². The number of amides is 2. The highest BCUT2D eigenvalue weighted by molar-refractivity contribution is 6.13. The highest BCUT2D eigenvalue weighted by Gasteiger charge is 2.57. The summed E-state index contributed by atoms with van der Waals surface area (Å²) >= 11 is 0. The minimum atomic E-state index is -0.910. The third kappa shape index (κ3) is 3.54. The molecule has 5 nitrogen and oxygen atoms in total. The summed E-state index contributed by atoms with van der Waals surface area (Å²) in [4.78, 5) is 24.7. The second-order valence-corrected chi connectivity index (χ2v) is 6.47. The van der Waals surface area contributed by atoms with Gasteiger partial charge in [-0.05, 0) is 57.9 Å². The van der Waals surface area contributed by atoms with Crippen molar-refractivity contribution in [3.63, 3.8) is 0 Å². The van der Waals surface area contributed by atoms with Gasteiger partial charge in [0.2, 0.25) is 11.8 Å². The average Bonchev–Trinajstić information content (AvgIpc) is 3.19. The molecule has 0 spiro atoms. The molecule has 1 fully saturated rings. The molecule has 2 N–H and O–H groups in total. The van der Waals surface area contributed by atoms with Gasteiger partial charge in [0.1, 0.15) is 11.2 Å². The molecule has 0 aliphatic heterocycles. The molecule has 1 aromatic rings. The second-order valence-electron chi connectivity index (χ2n) is 6.47. The zero-order chi connectivity index (χ0) is 15.7. The van der Waals surface area contributed by atoms with Gasteiger partial charge in [0.05, 0.1) is 7.11 Å². The number of rotatable bonds is 4. The van der Waals surface area contributed by atoms with E-state index in [2.05, 4.69) is 10.6 Å². The van der Waals surface area contributed by atoms with Crippen LogP contribution >= 0.6 is 0 Å². The number of hydrogen-bond donors (Lipinski definition) is 2. The molecule has 1 saturated carbocycles. The number of carbonyl (C=O) groups excluding carboxylic acids is 2. The molecule has 0 radical (unpaired) electrons. The van der Waals surface area contributed by atoms with Crippen molar-refractivity contribution in [2.75, 3.05) is 12.4 Å². The van der Waals surface area contributed by atoms with Crippen LogP contribution in [0.2, 0.25) is 0 Å². The molecule has 0 atom stereocenters. The quantitative estimate of drug-likeness (QED) is 0.836. The number of nitrogens with one attached hydrogen (secondary N) is 2. The lowest BCUT2D eigenvalue weighted by molar-refractivity contribution is -0.135. The molecule has 5 heteroatoms. The summed E-state index contributed by atoms with van der Waals surface area (Å²) in [5.74, 6) is 0.287. The van der Waals surface area contributed by atoms with E-state index in [4.69, 9.17) is 4.74 Å². The Morgan fingerprint density at radius 2 is 1.67 bits per heavy atom. The fraction of sp³-hybridized carbons (Fsp3) is 0.500. The van der Waals surface area contributed by atoms with Crippen molar-refractivity contribution in [2.45, 2.75) is 39.2 Å². The first-order chi connectivity index (χ1) is 9.77. The Morgan fingerprint density at radius 1 is 1.10 bits per heavy atom. The third-order valence-electron chi connectivity index (χ3n) is 3.46. The van der Waals surface area contributed by atoms with Crippen molar-refractivity contribution in [1.82, 2.24) is 5.32 Å². The third-order valence-corrected chi connectivity index (χ3v) is 3.46. The molecule has 0 aromatic heterocycles. The molecule has 1 aromatic carbocycles. The fourth-order valence-electron chi connectivity index (χ4n) is 2.07. The second kappa shape index (κ2) is 5.39. The van der Waals surface area contributed by atoms with E-state index >= 15 is 0 Å². The monoisotopic (exact) mass is 290 g/mol. The van der Waals surface area contributed by atoms with Gasteiger partial charge < -0.3 is 15.4 Å². The van der Waals surface area contributed by atoms with E-state index in [-0.39, 0.29) is 17.4 Å². The minimum Gasteiger partial charge on any atom is -0.497 e. The van der Waals surface area contributed by atoms with Crippen LogP contribution in [0.1, 0.15) is 33.6 Å². The van der Waals surface area contributed by atoms with Gasteiger partial charge in [0.15, 0.2) is 0 Å². The molecule has 114 valence electrons. The summed E-state index contributed by atoms with van der Waals surface area (Å²) in [5, 5.41) is 5.69. The zero-order valence-electron chi connectivity index (χ0n) is 12.9. The smallest absolute Gasteiger partial charge is 0.240 e. The van der Waals surface area contributed by atoms with E-state index < -0.39 is 5.41 Å². The number of anilines is 1. The van der Waals surface area contributed by atoms with Crippen LogP contribution in [0.5, 0.6) is 5.75 Å². The molecule has 2 rings (SSSR count). The van der Waals surface area contributed by atoms with Crippen LogP contribution in [-0.4, -0.2) is 24.5 Å². The van der Waals surface area contributed by atoms with Gasteiger partial charge >= 0.3 is 0 Å². The molecule has 0 bridgehead atoms. The standard InChI is InChI=1S/C16H22N2O3/c1-15(2,3)18-14(20)16(9-10-16)13(19)17-11-5-7-12(21-4)8-6-11/h5-8H,9-10H2,1-4H3,(H,17,19)(H,18,20). The van der Waals surface area contributed by atoms with Gasteiger partial charge in [-0.3, -0.25) is 9.59 Å². The number of methoxy groups -OCH3 is 1. The van der Waals surface area contributed by atoms with Crippen molar-refractivity contribution in [3.8, 4) is 5.75 Å². The molecule has 21 heavy (non-hydrogen) atoms. The molecular formula is C16H22N2O3. The first-order valence-corrected chi connectivity index (χ1v) is 7.05. The Bertz CT molecular complexity index is 540. The molecule has 1 aliphatic carbocycles. The van der Waals surface area contributed by atoms with Gasteiger partial charge in [-0.15, -0.1) is 0 Å². The summed E-state index contributed by atoms with van der Waals surface area (Å²) in [6.45, 7) is 5.72. The van der Waals surface area contributed by atoms with Gasteiger partial charge in [0.25, 0.3) is 0 Å². The van der Waals surface area contributed by atoms with E-state index in [0.717, 1.165) is 5.75 Å². The van der Waals surface area contributed by atoms with E-state index in [1.807, 2.05) is 20.8 Å². The summed E-state index contributed by atoms with van der Waals surface area (Å²) in [6.07, 6.45) is 1.19. The van der Waals surface area contributed by atoms with Crippen LogP contribution in [-0.2, 0) is 9.59 Å². The highest BCUT2D eigenvalue weighted by atomic mass is 16.5. The molecule has 0 unspecified atom stereocenters. The normalized spacial score (nSPS) is 16.0. The van der Waals surface area contributed by atoms with E-state index in [9.17, 15) is 9.59 Å². The summed E-state index contributed by atoms with van der Waals surface area (Å²) in [6, 6.07) is 7.05. The Balaban J connectivity index is 2.03. The number of ether oxygens (including phenoxy) is 1. The van der Waals surface area contributed by atoms with Gasteiger partial charge in [-0.1, -0.05) is 0 Å². The summed E-state index contributed by atoms with van der Waals surface area (Å²) in [7, 11) is 1.59. The SMILES string of the molecule is COc1ccc(NC(=O)C2(C(=O)NC(C)(C)C)CC2)cc1. The summed E-state index contributed by atoms with van der Waals surface area (Å²) in [5.41, 5.74) is -0.587. The molecule has 0 heterocycles. The van der Waals surface area contributed by atoms with Crippen molar-refractivity contribution in [2.24, 2.45) is 5.41 Å². The maximum absolute atomic E-state index is 12.4. The van der Waals surface area contributed by atoms with Crippen LogP contribution in [0.4, 0.5) is 5.69 Å². The highest BCUT2D eigenvalue weighted by Crippen LogP contribution is 2.47. The minimum absolute atomic E-state index is 0.194. The maximum atomic E-state index is 12.4. The van der Waals surface area contributed by atoms with Crippen LogP contribution in [0.25, 0.3) is 0 Å². The molecular weight excluding hydrogens is 268 g/mol. The Labute approximate surface area is 125 Å². The van der Waals surface area contributed by atoms with E-state index in [1.54, 1.807) is 31.4 Å². The van der Waals surface area contributed by atoms with Gasteiger partial charge in [-0.25, -0.2) is 0 Å². The predicted octanol–water partition coefficient (Wildman–Crippen LogP) is 2.33. The number of carbonyl (C=O) groups is 2. The first-order valence-electron chi connectivity index (χ1n) is 7.05. The maximum Gasteiger partial charge on any atom is 0.240 e. The van der Waals surface area contributed by atoms with Crippen molar-refractivity contribution in [3.05, 3.63) is 24.3 Å². The van der Waals surface area contributed by atoms with Crippen molar-refractivity contribution >= 4 is 17.5 Å². The van der Waals surface area contributed by atoms with E-state index in [1.165, 1.54) is 0 Å². The van der Waals surface area contributed by atoms with Crippen LogP contribution in [0.3, 0.4) is 0 Å². The van der Waals surface area contributed by atoms with Crippen LogP contribution in [0, 0.1) is 5.41 Å². The summed E-state index contributed by atoms with van der Waals surface area (Å²) < 4.78 is 5.07. The first kappa shape index (κ1) is 15.4. The Morgan fingerprint density at radius 3 is 2.10 bits per heavy atom. The van der Waals surface area contributed by atoms with Crippen LogP contribution in [0.15, 0.2) is 24.3 Å². The average molecular weight is 290 g/mol. The zero-order valence-corrected chi connectivity index (χ0v) is 12.9. The number of benzene rings is 1. The Kier molecular flexibility index (Phi) is 3.94. The van der Waals surface area contributed by atoms with Gasteiger partial charge in [-0.2, -0.15) is 0 Å². The lowest BCUT2D eigenvalue weighted by atomic mass is 10.0. The molecule has 1 aliphatic rings.